The van der Waals surface area contributed by atoms with Crippen molar-refractivity contribution in [2.45, 2.75) is 26.3 Å². The van der Waals surface area contributed by atoms with E-state index in [2.05, 4.69) is 36.5 Å². The third kappa shape index (κ3) is 3.48. The van der Waals surface area contributed by atoms with Crippen molar-refractivity contribution in [1.29, 1.82) is 0 Å². The van der Waals surface area contributed by atoms with Crippen molar-refractivity contribution in [1.82, 2.24) is 0 Å². The van der Waals surface area contributed by atoms with Crippen LogP contribution in [0.5, 0.6) is 0 Å². The van der Waals surface area contributed by atoms with Gasteiger partial charge in [0.2, 0.25) is 0 Å². The molecule has 0 radical (unpaired) electrons. The molecule has 100 valence electrons. The summed E-state index contributed by atoms with van der Waals surface area (Å²) in [6.45, 7) is 4.16. The molecule has 2 aromatic carbocycles. The number of halogens is 2. The highest BCUT2D eigenvalue weighted by molar-refractivity contribution is 6.30. The molecule has 19 heavy (non-hydrogen) atoms. The third-order valence-electron chi connectivity index (χ3n) is 3.19. The van der Waals surface area contributed by atoms with E-state index in [0.29, 0.717) is 0 Å². The molecule has 0 spiro atoms. The zero-order valence-electron chi connectivity index (χ0n) is 11.1. The fourth-order valence-electron chi connectivity index (χ4n) is 1.95. The van der Waals surface area contributed by atoms with Crippen molar-refractivity contribution in [3.8, 4) is 0 Å². The lowest BCUT2D eigenvalue weighted by Crippen LogP contribution is -2.06. The minimum absolute atomic E-state index is 0.0746. The SMILES string of the molecule is CCc1ccc(NC(C)c2ccc(F)c(Cl)c2)cc1. The molecule has 0 heterocycles. The van der Waals surface area contributed by atoms with Crippen molar-refractivity contribution < 1.29 is 4.39 Å². The largest absolute Gasteiger partial charge is 0.379 e. The van der Waals surface area contributed by atoms with Crippen molar-refractivity contribution >= 4 is 17.3 Å². The van der Waals surface area contributed by atoms with Crippen LogP contribution in [0.25, 0.3) is 0 Å². The first-order chi connectivity index (χ1) is 9.10. The maximum absolute atomic E-state index is 13.1. The second-order valence-corrected chi connectivity index (χ2v) is 5.00. The van der Waals surface area contributed by atoms with E-state index in [9.17, 15) is 4.39 Å². The summed E-state index contributed by atoms with van der Waals surface area (Å²) in [7, 11) is 0. The Bertz CT molecular complexity index is 551. The Balaban J connectivity index is 2.10. The fourth-order valence-corrected chi connectivity index (χ4v) is 2.14. The molecule has 1 atom stereocenters. The first-order valence-corrected chi connectivity index (χ1v) is 6.78. The Hall–Kier alpha value is -1.54. The maximum atomic E-state index is 13.1. The van der Waals surface area contributed by atoms with Crippen LogP contribution in [0.1, 0.15) is 31.0 Å². The fraction of sp³-hybridized carbons (Fsp3) is 0.250. The molecule has 2 aromatic rings. The van der Waals surface area contributed by atoms with Gasteiger partial charge in [0, 0.05) is 11.7 Å². The van der Waals surface area contributed by atoms with Gasteiger partial charge >= 0.3 is 0 Å². The highest BCUT2D eigenvalue weighted by Gasteiger charge is 2.08. The number of hydrogen-bond acceptors (Lipinski definition) is 1. The molecule has 3 heteroatoms. The average molecular weight is 278 g/mol. The number of aryl methyl sites for hydroxylation is 1. The van der Waals surface area contributed by atoms with Crippen molar-refractivity contribution in [3.63, 3.8) is 0 Å². The standard InChI is InChI=1S/C16H17ClFN/c1-3-12-4-7-14(8-5-12)19-11(2)13-6-9-16(18)15(17)10-13/h4-11,19H,3H2,1-2H3. The second kappa shape index (κ2) is 6.07. The smallest absolute Gasteiger partial charge is 0.141 e. The third-order valence-corrected chi connectivity index (χ3v) is 3.48. The summed E-state index contributed by atoms with van der Waals surface area (Å²) < 4.78 is 13.1. The minimum Gasteiger partial charge on any atom is -0.379 e. The van der Waals surface area contributed by atoms with Gasteiger partial charge in [-0.2, -0.15) is 0 Å². The zero-order valence-corrected chi connectivity index (χ0v) is 11.8. The summed E-state index contributed by atoms with van der Waals surface area (Å²) in [5.74, 6) is -0.384. The summed E-state index contributed by atoms with van der Waals surface area (Å²) in [6.07, 6.45) is 1.03. The molecular formula is C16H17ClFN. The van der Waals surface area contributed by atoms with Crippen LogP contribution in [-0.4, -0.2) is 0 Å². The molecule has 0 aromatic heterocycles. The molecule has 0 aliphatic rings. The van der Waals surface area contributed by atoms with Crippen LogP contribution in [0.2, 0.25) is 5.02 Å². The number of benzene rings is 2. The Morgan fingerprint density at radius 3 is 2.42 bits per heavy atom. The number of anilines is 1. The lowest BCUT2D eigenvalue weighted by atomic mass is 10.1. The van der Waals surface area contributed by atoms with Gasteiger partial charge in [-0.1, -0.05) is 36.7 Å². The molecule has 0 saturated carbocycles. The topological polar surface area (TPSA) is 12.0 Å². The summed E-state index contributed by atoms with van der Waals surface area (Å²) in [4.78, 5) is 0. The van der Waals surface area contributed by atoms with Crippen LogP contribution < -0.4 is 5.32 Å². The molecule has 0 bridgehead atoms. The quantitative estimate of drug-likeness (QED) is 0.808. The second-order valence-electron chi connectivity index (χ2n) is 4.59. The summed E-state index contributed by atoms with van der Waals surface area (Å²) in [5, 5.41) is 3.53. The first-order valence-electron chi connectivity index (χ1n) is 6.40. The monoisotopic (exact) mass is 277 g/mol. The lowest BCUT2D eigenvalue weighted by Gasteiger charge is -2.16. The molecule has 0 aliphatic heterocycles. The van der Waals surface area contributed by atoms with Gasteiger partial charge in [-0.3, -0.25) is 0 Å². The van der Waals surface area contributed by atoms with E-state index in [0.717, 1.165) is 17.7 Å². The van der Waals surface area contributed by atoms with Crippen LogP contribution in [0.3, 0.4) is 0 Å². The van der Waals surface area contributed by atoms with Crippen LogP contribution in [-0.2, 0) is 6.42 Å². The van der Waals surface area contributed by atoms with E-state index < -0.39 is 0 Å². The van der Waals surface area contributed by atoms with Gasteiger partial charge in [0.15, 0.2) is 0 Å². The molecular weight excluding hydrogens is 261 g/mol. The molecule has 0 fully saturated rings. The normalized spacial score (nSPS) is 12.2. The number of rotatable bonds is 4. The van der Waals surface area contributed by atoms with Crippen LogP contribution in [0.15, 0.2) is 42.5 Å². The Kier molecular flexibility index (Phi) is 4.43. The van der Waals surface area contributed by atoms with Gasteiger partial charge < -0.3 is 5.32 Å². The number of nitrogens with one attached hydrogen (secondary N) is 1. The van der Waals surface area contributed by atoms with E-state index in [4.69, 9.17) is 11.6 Å². The van der Waals surface area contributed by atoms with Crippen molar-refractivity contribution in [3.05, 3.63) is 64.4 Å². The highest BCUT2D eigenvalue weighted by atomic mass is 35.5. The lowest BCUT2D eigenvalue weighted by molar-refractivity contribution is 0.627. The minimum atomic E-state index is -0.384. The van der Waals surface area contributed by atoms with E-state index >= 15 is 0 Å². The summed E-state index contributed by atoms with van der Waals surface area (Å²) >= 11 is 5.80. The van der Waals surface area contributed by atoms with Crippen molar-refractivity contribution in [2.24, 2.45) is 0 Å². The van der Waals surface area contributed by atoms with Gasteiger partial charge in [0.1, 0.15) is 5.82 Å². The van der Waals surface area contributed by atoms with Gasteiger partial charge in [-0.25, -0.2) is 4.39 Å². The molecule has 1 N–H and O–H groups in total. The van der Waals surface area contributed by atoms with E-state index in [1.165, 1.54) is 11.6 Å². The number of hydrogen-bond donors (Lipinski definition) is 1. The molecule has 0 saturated heterocycles. The van der Waals surface area contributed by atoms with Crippen molar-refractivity contribution in [2.75, 3.05) is 5.32 Å². The molecule has 1 nitrogen and oxygen atoms in total. The van der Waals surface area contributed by atoms with E-state index in [-0.39, 0.29) is 16.9 Å². The highest BCUT2D eigenvalue weighted by Crippen LogP contribution is 2.24. The Labute approximate surface area is 118 Å². The first kappa shape index (κ1) is 13.9. The molecule has 0 amide bonds. The molecule has 2 rings (SSSR count). The molecule has 1 unspecified atom stereocenters. The van der Waals surface area contributed by atoms with Gasteiger partial charge in [-0.05, 0) is 48.7 Å². The van der Waals surface area contributed by atoms with Crippen LogP contribution in [0.4, 0.5) is 10.1 Å². The van der Waals surface area contributed by atoms with E-state index in [1.54, 1.807) is 12.1 Å². The molecule has 0 aliphatic carbocycles. The summed E-state index contributed by atoms with van der Waals surface area (Å²) in [5.41, 5.74) is 3.32. The zero-order chi connectivity index (χ0) is 13.8. The van der Waals surface area contributed by atoms with Crippen LogP contribution in [0, 0.1) is 5.82 Å². The van der Waals surface area contributed by atoms with Gasteiger partial charge in [0.25, 0.3) is 0 Å². The van der Waals surface area contributed by atoms with Gasteiger partial charge in [0.05, 0.1) is 5.02 Å². The predicted octanol–water partition coefficient (Wildman–Crippen LogP) is 5.21. The summed E-state index contributed by atoms with van der Waals surface area (Å²) in [6, 6.07) is 13.2. The Morgan fingerprint density at radius 2 is 1.84 bits per heavy atom. The van der Waals surface area contributed by atoms with Gasteiger partial charge in [-0.15, -0.1) is 0 Å². The maximum Gasteiger partial charge on any atom is 0.141 e. The van der Waals surface area contributed by atoms with Crippen LogP contribution >= 0.6 is 11.6 Å². The Morgan fingerprint density at radius 1 is 1.16 bits per heavy atom. The predicted molar refractivity (Wildman–Crippen MR) is 79.3 cm³/mol. The average Bonchev–Trinajstić information content (AvgIpc) is 2.42. The van der Waals surface area contributed by atoms with E-state index in [1.807, 2.05) is 6.92 Å².